The second kappa shape index (κ2) is 5.61. The van der Waals surface area contributed by atoms with Crippen molar-refractivity contribution in [3.63, 3.8) is 0 Å². The average Bonchev–Trinajstić information content (AvgIpc) is 2.39. The average molecular weight is 377 g/mol. The fourth-order valence-corrected chi connectivity index (χ4v) is 3.26. The molecule has 0 spiro atoms. The van der Waals surface area contributed by atoms with Crippen molar-refractivity contribution in [2.75, 3.05) is 10.5 Å². The van der Waals surface area contributed by atoms with Crippen LogP contribution in [0.25, 0.3) is 0 Å². The molecule has 0 aromatic heterocycles. The molecule has 21 heavy (non-hydrogen) atoms. The van der Waals surface area contributed by atoms with Crippen LogP contribution in [0.2, 0.25) is 0 Å². The highest BCUT2D eigenvalue weighted by Gasteiger charge is 2.17. The molecule has 0 unspecified atom stereocenters. The van der Waals surface area contributed by atoms with E-state index >= 15 is 0 Å². The molecule has 0 heterocycles. The summed E-state index contributed by atoms with van der Waals surface area (Å²) in [6, 6.07) is 5.55. The van der Waals surface area contributed by atoms with E-state index in [1.165, 1.54) is 6.07 Å². The highest BCUT2D eigenvalue weighted by Crippen LogP contribution is 2.26. The number of aryl methyl sites for hydroxylation is 1. The van der Waals surface area contributed by atoms with Crippen LogP contribution in [0.5, 0.6) is 0 Å². The molecule has 3 N–H and O–H groups in total. The Balaban J connectivity index is 2.42. The maximum atomic E-state index is 13.5. The Hall–Kier alpha value is -1.67. The molecule has 0 aliphatic carbocycles. The summed E-state index contributed by atoms with van der Waals surface area (Å²) in [4.78, 5) is -0.205. The smallest absolute Gasteiger partial charge is 0.261 e. The number of nitrogens with two attached hydrogens (primary N) is 1. The standard InChI is InChI=1S/C13H11BrF2N2O2S/c1-7-4-9(14)11(16)6-13(7)18-21(19,20)8-2-3-10(15)12(17)5-8/h2-6,18H,17H2,1H3. The predicted octanol–water partition coefficient (Wildman–Crippen LogP) is 3.42. The molecular weight excluding hydrogens is 366 g/mol. The van der Waals surface area contributed by atoms with Crippen LogP contribution >= 0.6 is 15.9 Å². The second-order valence-corrected chi connectivity index (χ2v) is 6.91. The van der Waals surface area contributed by atoms with E-state index in [0.29, 0.717) is 5.56 Å². The number of nitrogen functional groups attached to an aromatic ring is 1. The van der Waals surface area contributed by atoms with Crippen LogP contribution in [0, 0.1) is 18.6 Å². The van der Waals surface area contributed by atoms with E-state index in [4.69, 9.17) is 5.73 Å². The summed E-state index contributed by atoms with van der Waals surface area (Å²) in [7, 11) is -3.98. The van der Waals surface area contributed by atoms with Crippen LogP contribution in [0.3, 0.4) is 0 Å². The first-order chi connectivity index (χ1) is 9.70. The van der Waals surface area contributed by atoms with Crippen molar-refractivity contribution in [3.05, 3.63) is 52.0 Å². The molecule has 0 saturated heterocycles. The van der Waals surface area contributed by atoms with Crippen molar-refractivity contribution >= 4 is 37.3 Å². The summed E-state index contributed by atoms with van der Waals surface area (Å²) < 4.78 is 53.4. The number of benzene rings is 2. The molecule has 112 valence electrons. The van der Waals surface area contributed by atoms with Crippen LogP contribution in [0.15, 0.2) is 39.7 Å². The largest absolute Gasteiger partial charge is 0.396 e. The van der Waals surface area contributed by atoms with Gasteiger partial charge in [0.25, 0.3) is 10.0 Å². The van der Waals surface area contributed by atoms with Gasteiger partial charge in [0.05, 0.1) is 20.7 Å². The second-order valence-electron chi connectivity index (χ2n) is 4.37. The normalized spacial score (nSPS) is 11.4. The van der Waals surface area contributed by atoms with Gasteiger partial charge in [-0.15, -0.1) is 0 Å². The number of hydrogen-bond acceptors (Lipinski definition) is 3. The lowest BCUT2D eigenvalue weighted by Crippen LogP contribution is -2.14. The Morgan fingerprint density at radius 3 is 2.43 bits per heavy atom. The highest BCUT2D eigenvalue weighted by molar-refractivity contribution is 9.10. The number of rotatable bonds is 3. The first-order valence-corrected chi connectivity index (χ1v) is 8.02. The van der Waals surface area contributed by atoms with E-state index in [2.05, 4.69) is 20.7 Å². The topological polar surface area (TPSA) is 72.2 Å². The van der Waals surface area contributed by atoms with Crippen LogP contribution in [0.1, 0.15) is 5.56 Å². The van der Waals surface area contributed by atoms with Gasteiger partial charge >= 0.3 is 0 Å². The summed E-state index contributed by atoms with van der Waals surface area (Å²) in [6.07, 6.45) is 0. The monoisotopic (exact) mass is 376 g/mol. The molecule has 0 bridgehead atoms. The number of hydrogen-bond donors (Lipinski definition) is 2. The molecule has 2 aromatic rings. The SMILES string of the molecule is Cc1cc(Br)c(F)cc1NS(=O)(=O)c1ccc(F)c(N)c1. The molecular formula is C13H11BrF2N2O2S. The van der Waals surface area contributed by atoms with Crippen molar-refractivity contribution in [2.45, 2.75) is 11.8 Å². The number of sulfonamides is 1. The van der Waals surface area contributed by atoms with E-state index in [0.717, 1.165) is 24.3 Å². The fraction of sp³-hybridized carbons (Fsp3) is 0.0769. The minimum atomic E-state index is -3.98. The fourth-order valence-electron chi connectivity index (χ4n) is 1.65. The third kappa shape index (κ3) is 3.33. The maximum absolute atomic E-state index is 13.5. The minimum Gasteiger partial charge on any atom is -0.396 e. The molecule has 8 heteroatoms. The minimum absolute atomic E-state index is 0.0959. The quantitative estimate of drug-likeness (QED) is 0.806. The lowest BCUT2D eigenvalue weighted by atomic mass is 10.2. The number of anilines is 2. The van der Waals surface area contributed by atoms with Crippen molar-refractivity contribution < 1.29 is 17.2 Å². The van der Waals surface area contributed by atoms with E-state index in [1.807, 2.05) is 0 Å². The highest BCUT2D eigenvalue weighted by atomic mass is 79.9. The summed E-state index contributed by atoms with van der Waals surface area (Å²) in [5.74, 6) is -1.31. The predicted molar refractivity (Wildman–Crippen MR) is 80.5 cm³/mol. The van der Waals surface area contributed by atoms with Gasteiger partial charge in [-0.3, -0.25) is 4.72 Å². The van der Waals surface area contributed by atoms with Crippen LogP contribution in [-0.2, 0) is 10.0 Å². The molecule has 2 rings (SSSR count). The van der Waals surface area contributed by atoms with E-state index < -0.39 is 21.7 Å². The first kappa shape index (κ1) is 15.7. The van der Waals surface area contributed by atoms with Gasteiger partial charge in [0.15, 0.2) is 0 Å². The Labute approximate surface area is 129 Å². The van der Waals surface area contributed by atoms with Crippen molar-refractivity contribution in [1.29, 1.82) is 0 Å². The number of halogens is 3. The van der Waals surface area contributed by atoms with Gasteiger partial charge in [-0.05, 0) is 58.7 Å². The third-order valence-electron chi connectivity index (χ3n) is 2.79. The lowest BCUT2D eigenvalue weighted by molar-refractivity contribution is 0.600. The zero-order valence-corrected chi connectivity index (χ0v) is 13.2. The third-order valence-corrected chi connectivity index (χ3v) is 4.76. The Bertz CT molecular complexity index is 810. The van der Waals surface area contributed by atoms with Crippen molar-refractivity contribution in [3.8, 4) is 0 Å². The summed E-state index contributed by atoms with van der Waals surface area (Å²) in [5, 5.41) is 0. The summed E-state index contributed by atoms with van der Waals surface area (Å²) in [5.41, 5.74) is 5.70. The Morgan fingerprint density at radius 2 is 1.81 bits per heavy atom. The molecule has 0 atom stereocenters. The van der Waals surface area contributed by atoms with Crippen molar-refractivity contribution in [1.82, 2.24) is 0 Å². The van der Waals surface area contributed by atoms with E-state index in [9.17, 15) is 17.2 Å². The van der Waals surface area contributed by atoms with E-state index in [1.54, 1.807) is 6.92 Å². The molecule has 0 aliphatic rings. The molecule has 2 aromatic carbocycles. The zero-order chi connectivity index (χ0) is 15.8. The van der Waals surface area contributed by atoms with Gasteiger partial charge in [-0.2, -0.15) is 0 Å². The van der Waals surface area contributed by atoms with Crippen molar-refractivity contribution in [2.24, 2.45) is 0 Å². The number of nitrogens with one attached hydrogen (secondary N) is 1. The molecule has 0 saturated carbocycles. The van der Waals surface area contributed by atoms with Gasteiger partial charge in [-0.1, -0.05) is 0 Å². The summed E-state index contributed by atoms with van der Waals surface area (Å²) in [6.45, 7) is 1.63. The van der Waals surface area contributed by atoms with E-state index in [-0.39, 0.29) is 20.7 Å². The molecule has 4 nitrogen and oxygen atoms in total. The maximum Gasteiger partial charge on any atom is 0.261 e. The molecule has 0 amide bonds. The Kier molecular flexibility index (Phi) is 4.20. The van der Waals surface area contributed by atoms with Crippen LogP contribution in [-0.4, -0.2) is 8.42 Å². The Morgan fingerprint density at radius 1 is 1.14 bits per heavy atom. The molecule has 0 fully saturated rings. The molecule has 0 aliphatic heterocycles. The first-order valence-electron chi connectivity index (χ1n) is 5.74. The molecule has 0 radical (unpaired) electrons. The van der Waals surface area contributed by atoms with Gasteiger partial charge in [0, 0.05) is 0 Å². The van der Waals surface area contributed by atoms with Crippen LogP contribution < -0.4 is 10.5 Å². The lowest BCUT2D eigenvalue weighted by Gasteiger charge is -2.12. The van der Waals surface area contributed by atoms with Crippen LogP contribution in [0.4, 0.5) is 20.2 Å². The van der Waals surface area contributed by atoms with Gasteiger partial charge in [0.2, 0.25) is 0 Å². The van der Waals surface area contributed by atoms with Gasteiger partial charge in [-0.25, -0.2) is 17.2 Å². The zero-order valence-electron chi connectivity index (χ0n) is 10.8. The summed E-state index contributed by atoms with van der Waals surface area (Å²) >= 11 is 3.01. The van der Waals surface area contributed by atoms with Gasteiger partial charge in [0.1, 0.15) is 11.6 Å². The van der Waals surface area contributed by atoms with Gasteiger partial charge < -0.3 is 5.73 Å².